The first-order chi connectivity index (χ1) is 13.3. The molecule has 9 heteroatoms. The SMILES string of the molecule is CN(C)c1c(-c2ccc(Cl)cc2)sc(C(=O)O)c1-c1ccc(NS(=O)O)cc1. The van der Waals surface area contributed by atoms with Crippen LogP contribution in [0.2, 0.25) is 5.02 Å². The smallest absolute Gasteiger partial charge is 0.346 e. The molecule has 3 aromatic rings. The first-order valence-corrected chi connectivity index (χ1v) is 10.4. The van der Waals surface area contributed by atoms with E-state index in [4.69, 9.17) is 16.2 Å². The number of carboxylic acids is 1. The van der Waals surface area contributed by atoms with Gasteiger partial charge in [0.2, 0.25) is 0 Å². The van der Waals surface area contributed by atoms with E-state index in [-0.39, 0.29) is 4.88 Å². The second kappa shape index (κ2) is 8.32. The molecule has 3 N–H and O–H groups in total. The number of hydrogen-bond acceptors (Lipinski definition) is 4. The molecule has 0 bridgehead atoms. The van der Waals surface area contributed by atoms with Crippen molar-refractivity contribution in [1.82, 2.24) is 0 Å². The second-order valence-corrected chi connectivity index (χ2v) is 8.28. The lowest BCUT2D eigenvalue weighted by molar-refractivity contribution is 0.0703. The Labute approximate surface area is 173 Å². The summed E-state index contributed by atoms with van der Waals surface area (Å²) >= 11 is 5.02. The Morgan fingerprint density at radius 2 is 1.64 bits per heavy atom. The van der Waals surface area contributed by atoms with Crippen LogP contribution in [0.3, 0.4) is 0 Å². The van der Waals surface area contributed by atoms with Crippen LogP contribution in [0.15, 0.2) is 48.5 Å². The number of halogens is 1. The van der Waals surface area contributed by atoms with Crippen molar-refractivity contribution in [2.45, 2.75) is 0 Å². The van der Waals surface area contributed by atoms with Gasteiger partial charge in [0.15, 0.2) is 0 Å². The van der Waals surface area contributed by atoms with Gasteiger partial charge in [0.25, 0.3) is 11.3 Å². The zero-order valence-electron chi connectivity index (χ0n) is 15.0. The third-order valence-electron chi connectivity index (χ3n) is 4.01. The summed E-state index contributed by atoms with van der Waals surface area (Å²) < 4.78 is 22.2. The number of carbonyl (C=O) groups is 1. The van der Waals surface area contributed by atoms with E-state index in [9.17, 15) is 14.1 Å². The second-order valence-electron chi connectivity index (χ2n) is 6.12. The summed E-state index contributed by atoms with van der Waals surface area (Å²) in [5.41, 5.74) is 3.42. The van der Waals surface area contributed by atoms with Crippen LogP contribution < -0.4 is 9.62 Å². The van der Waals surface area contributed by atoms with Gasteiger partial charge in [-0.1, -0.05) is 35.9 Å². The van der Waals surface area contributed by atoms with E-state index in [2.05, 4.69) is 4.72 Å². The zero-order valence-corrected chi connectivity index (χ0v) is 17.4. The molecule has 6 nitrogen and oxygen atoms in total. The van der Waals surface area contributed by atoms with Crippen molar-refractivity contribution in [3.8, 4) is 21.6 Å². The number of carboxylic acid groups (broad SMARTS) is 1. The molecule has 28 heavy (non-hydrogen) atoms. The lowest BCUT2D eigenvalue weighted by Crippen LogP contribution is -2.10. The van der Waals surface area contributed by atoms with Crippen LogP contribution >= 0.6 is 22.9 Å². The monoisotopic (exact) mass is 436 g/mol. The summed E-state index contributed by atoms with van der Waals surface area (Å²) in [6.45, 7) is 0. The molecule has 0 saturated heterocycles. The molecule has 1 heterocycles. The molecule has 1 atom stereocenters. The highest BCUT2D eigenvalue weighted by Crippen LogP contribution is 2.47. The summed E-state index contributed by atoms with van der Waals surface area (Å²) in [7, 11) is 3.73. The fourth-order valence-corrected chi connectivity index (χ4v) is 4.58. The Kier molecular flexibility index (Phi) is 6.04. The molecular formula is C19H17ClN2O4S2. The first-order valence-electron chi connectivity index (χ1n) is 8.09. The summed E-state index contributed by atoms with van der Waals surface area (Å²) in [6.07, 6.45) is 0. The van der Waals surface area contributed by atoms with Gasteiger partial charge in [0.1, 0.15) is 4.88 Å². The Morgan fingerprint density at radius 3 is 2.14 bits per heavy atom. The van der Waals surface area contributed by atoms with Gasteiger partial charge in [-0.25, -0.2) is 9.00 Å². The number of anilines is 2. The molecule has 0 radical (unpaired) electrons. The Hall–Kier alpha value is -2.39. The number of benzene rings is 2. The van der Waals surface area contributed by atoms with Crippen LogP contribution in [0.25, 0.3) is 21.6 Å². The number of thiophene rings is 1. The van der Waals surface area contributed by atoms with Crippen molar-refractivity contribution in [1.29, 1.82) is 0 Å². The van der Waals surface area contributed by atoms with Crippen LogP contribution in [0.1, 0.15) is 9.67 Å². The van der Waals surface area contributed by atoms with Crippen molar-refractivity contribution in [2.24, 2.45) is 0 Å². The van der Waals surface area contributed by atoms with E-state index in [1.807, 2.05) is 31.1 Å². The largest absolute Gasteiger partial charge is 0.477 e. The number of nitrogens with zero attached hydrogens (tertiary/aromatic N) is 1. The zero-order chi connectivity index (χ0) is 20.4. The number of aromatic carboxylic acids is 1. The highest BCUT2D eigenvalue weighted by Gasteiger charge is 2.25. The molecule has 3 rings (SSSR count). The lowest BCUT2D eigenvalue weighted by Gasteiger charge is -2.17. The number of rotatable bonds is 6. The average molecular weight is 437 g/mol. The Morgan fingerprint density at radius 1 is 1.07 bits per heavy atom. The molecule has 1 unspecified atom stereocenters. The average Bonchev–Trinajstić information content (AvgIpc) is 3.03. The van der Waals surface area contributed by atoms with Crippen LogP contribution in [0.5, 0.6) is 0 Å². The number of nitrogens with one attached hydrogen (secondary N) is 1. The van der Waals surface area contributed by atoms with Gasteiger partial charge in [-0.2, -0.15) is 0 Å². The Bertz CT molecular complexity index is 1030. The van der Waals surface area contributed by atoms with Gasteiger partial charge in [-0.05, 0) is 35.4 Å². The van der Waals surface area contributed by atoms with Crippen LogP contribution in [-0.2, 0) is 11.3 Å². The third-order valence-corrected chi connectivity index (χ3v) is 5.89. The minimum Gasteiger partial charge on any atom is -0.477 e. The minimum absolute atomic E-state index is 0.222. The van der Waals surface area contributed by atoms with Crippen LogP contribution in [-0.4, -0.2) is 33.9 Å². The summed E-state index contributed by atoms with van der Waals surface area (Å²) in [4.78, 5) is 14.9. The molecule has 146 valence electrons. The molecule has 0 aliphatic rings. The van der Waals surface area contributed by atoms with E-state index in [0.717, 1.165) is 16.1 Å². The van der Waals surface area contributed by atoms with E-state index >= 15 is 0 Å². The minimum atomic E-state index is -2.17. The topological polar surface area (TPSA) is 89.9 Å². The van der Waals surface area contributed by atoms with Crippen molar-refractivity contribution in [3.05, 3.63) is 58.4 Å². The molecule has 0 spiro atoms. The van der Waals surface area contributed by atoms with Gasteiger partial charge in [0.05, 0.1) is 10.6 Å². The molecule has 0 fully saturated rings. The fraction of sp³-hybridized carbons (Fsp3) is 0.105. The number of hydrogen-bond donors (Lipinski definition) is 3. The molecule has 2 aromatic carbocycles. The van der Waals surface area contributed by atoms with E-state index in [1.54, 1.807) is 36.4 Å². The van der Waals surface area contributed by atoms with E-state index < -0.39 is 17.2 Å². The standard InChI is InChI=1S/C19H17ClN2O4S2/c1-22(2)16-15(11-5-9-14(10-6-11)21-28(25)26)18(19(23)24)27-17(16)12-3-7-13(20)8-4-12/h3-10,21H,1-2H3,(H,23,24)(H,25,26). The van der Waals surface area contributed by atoms with Crippen LogP contribution in [0, 0.1) is 0 Å². The maximum Gasteiger partial charge on any atom is 0.346 e. The molecule has 0 aliphatic heterocycles. The van der Waals surface area contributed by atoms with Gasteiger partial charge in [0, 0.05) is 30.4 Å². The lowest BCUT2D eigenvalue weighted by atomic mass is 10.0. The van der Waals surface area contributed by atoms with E-state index in [0.29, 0.717) is 21.8 Å². The normalized spacial score (nSPS) is 11.9. The predicted octanol–water partition coefficient (Wildman–Crippen LogP) is 5.05. The van der Waals surface area contributed by atoms with Crippen molar-refractivity contribution in [2.75, 3.05) is 23.7 Å². The summed E-state index contributed by atoms with van der Waals surface area (Å²) in [6, 6.07) is 14.0. The van der Waals surface area contributed by atoms with Crippen molar-refractivity contribution >= 4 is 51.5 Å². The van der Waals surface area contributed by atoms with Gasteiger partial charge in [-0.3, -0.25) is 9.27 Å². The van der Waals surface area contributed by atoms with Gasteiger partial charge in [-0.15, -0.1) is 11.3 Å². The molecule has 0 aliphatic carbocycles. The fourth-order valence-electron chi connectivity index (χ4n) is 2.87. The van der Waals surface area contributed by atoms with Gasteiger partial charge >= 0.3 is 5.97 Å². The quantitative estimate of drug-likeness (QED) is 0.470. The van der Waals surface area contributed by atoms with Crippen molar-refractivity contribution < 1.29 is 18.7 Å². The molecule has 1 aromatic heterocycles. The third kappa shape index (κ3) is 4.20. The van der Waals surface area contributed by atoms with Crippen molar-refractivity contribution in [3.63, 3.8) is 0 Å². The molecular weight excluding hydrogens is 420 g/mol. The first kappa shape index (κ1) is 20.3. The van der Waals surface area contributed by atoms with Gasteiger partial charge < -0.3 is 10.0 Å². The predicted molar refractivity (Wildman–Crippen MR) is 116 cm³/mol. The highest BCUT2D eigenvalue weighted by atomic mass is 35.5. The molecule has 0 saturated carbocycles. The summed E-state index contributed by atoms with van der Waals surface area (Å²) in [5, 5.41) is 10.4. The highest BCUT2D eigenvalue weighted by molar-refractivity contribution is 7.80. The maximum atomic E-state index is 12.0. The van der Waals surface area contributed by atoms with Crippen LogP contribution in [0.4, 0.5) is 11.4 Å². The maximum absolute atomic E-state index is 12.0. The van der Waals surface area contributed by atoms with E-state index in [1.165, 1.54) is 11.3 Å². The summed E-state index contributed by atoms with van der Waals surface area (Å²) in [5.74, 6) is -1.01. The Balaban J connectivity index is 2.20. The molecule has 0 amide bonds.